The maximum Gasteiger partial charge on any atom is 0.234 e. The van der Waals surface area contributed by atoms with Gasteiger partial charge in [0.2, 0.25) is 10.0 Å². The van der Waals surface area contributed by atoms with Crippen molar-refractivity contribution in [3.8, 4) is 0 Å². The highest BCUT2D eigenvalue weighted by Gasteiger charge is 2.48. The number of rotatable bonds is 9. The Morgan fingerprint density at radius 2 is 1.90 bits per heavy atom. The number of hydrogen-bond acceptors (Lipinski definition) is 4. The van der Waals surface area contributed by atoms with Crippen molar-refractivity contribution in [3.05, 3.63) is 65.7 Å². The van der Waals surface area contributed by atoms with Crippen LogP contribution in [0.1, 0.15) is 49.7 Å². The highest BCUT2D eigenvalue weighted by Crippen LogP contribution is 2.50. The van der Waals surface area contributed by atoms with Crippen LogP contribution in [0, 0.1) is 0 Å². The number of fused-ring (bicyclic) bond motifs is 2. The van der Waals surface area contributed by atoms with Gasteiger partial charge >= 0.3 is 0 Å². The zero-order valence-electron chi connectivity index (χ0n) is 18.4. The molecule has 2 N–H and O–H groups in total. The van der Waals surface area contributed by atoms with Crippen molar-refractivity contribution in [3.63, 3.8) is 0 Å². The van der Waals surface area contributed by atoms with E-state index in [0.29, 0.717) is 5.69 Å². The molecule has 2 aromatic rings. The molecule has 1 aliphatic heterocycles. The number of nitrogens with one attached hydrogen (secondary N) is 2. The van der Waals surface area contributed by atoms with Crippen LogP contribution in [0.15, 0.2) is 54.6 Å². The number of sulfonamides is 1. The third-order valence-electron chi connectivity index (χ3n) is 7.13. The van der Waals surface area contributed by atoms with Crippen LogP contribution in [-0.2, 0) is 26.6 Å². The van der Waals surface area contributed by atoms with Crippen LogP contribution in [0.3, 0.4) is 0 Å². The van der Waals surface area contributed by atoms with Crippen molar-refractivity contribution >= 4 is 15.7 Å². The maximum atomic E-state index is 12.3. The quantitative estimate of drug-likeness (QED) is 0.609. The minimum absolute atomic E-state index is 0.0363. The van der Waals surface area contributed by atoms with Gasteiger partial charge in [0.05, 0.1) is 12.4 Å². The van der Waals surface area contributed by atoms with Gasteiger partial charge < -0.3 is 10.1 Å². The number of ether oxygens (including phenoxy) is 1. The normalized spacial score (nSPS) is 25.8. The van der Waals surface area contributed by atoms with Gasteiger partial charge in [-0.2, -0.15) is 0 Å². The van der Waals surface area contributed by atoms with Crippen LogP contribution < -0.4 is 10.0 Å². The molecule has 4 rings (SSSR count). The van der Waals surface area contributed by atoms with Gasteiger partial charge in [-0.3, -0.25) is 4.72 Å². The van der Waals surface area contributed by atoms with Gasteiger partial charge in [0.1, 0.15) is 0 Å². The van der Waals surface area contributed by atoms with Crippen molar-refractivity contribution in [2.45, 2.75) is 55.9 Å². The van der Waals surface area contributed by atoms with E-state index in [1.54, 1.807) is 0 Å². The van der Waals surface area contributed by atoms with Crippen LogP contribution in [-0.4, -0.2) is 40.0 Å². The van der Waals surface area contributed by atoms with Crippen LogP contribution in [0.5, 0.6) is 0 Å². The summed E-state index contributed by atoms with van der Waals surface area (Å²) in [4.78, 5) is 0. The Bertz CT molecular complexity index is 965. The van der Waals surface area contributed by atoms with Crippen LogP contribution in [0.2, 0.25) is 0 Å². The fourth-order valence-corrected chi connectivity index (χ4v) is 6.55. The molecule has 0 aromatic heterocycles. The number of anilines is 1. The number of hydrogen-bond donors (Lipinski definition) is 2. The topological polar surface area (TPSA) is 67.4 Å². The van der Waals surface area contributed by atoms with E-state index < -0.39 is 10.0 Å². The van der Waals surface area contributed by atoms with E-state index in [9.17, 15) is 8.42 Å². The van der Waals surface area contributed by atoms with Crippen LogP contribution in [0.4, 0.5) is 5.69 Å². The minimum atomic E-state index is -3.41. The van der Waals surface area contributed by atoms with E-state index in [2.05, 4.69) is 52.5 Å². The molecule has 2 aliphatic rings. The van der Waals surface area contributed by atoms with E-state index in [4.69, 9.17) is 4.74 Å². The van der Waals surface area contributed by atoms with E-state index >= 15 is 0 Å². The summed E-state index contributed by atoms with van der Waals surface area (Å²) in [5.74, 6) is -0.0363. The lowest BCUT2D eigenvalue weighted by Gasteiger charge is -2.53. The maximum absolute atomic E-state index is 12.3. The summed E-state index contributed by atoms with van der Waals surface area (Å²) in [6.45, 7) is 1.20. The van der Waals surface area contributed by atoms with Gasteiger partial charge in [0.15, 0.2) is 0 Å². The summed E-state index contributed by atoms with van der Waals surface area (Å²) in [6, 6.07) is 18.8. The predicted molar refractivity (Wildman–Crippen MR) is 126 cm³/mol. The van der Waals surface area contributed by atoms with E-state index in [0.717, 1.165) is 32.2 Å². The molecule has 2 unspecified atom stereocenters. The third-order valence-corrected chi connectivity index (χ3v) is 8.38. The Morgan fingerprint density at radius 3 is 2.71 bits per heavy atom. The number of piperidine rings is 1. The lowest BCUT2D eigenvalue weighted by atomic mass is 9.58. The molecule has 1 saturated heterocycles. The predicted octanol–water partition coefficient (Wildman–Crippen LogP) is 4.25. The third kappa shape index (κ3) is 5.30. The SMILES string of the molecule is COCCS(=O)(=O)Nc1cccc(C23CCCC(CCc4ccccc4)(C2)NCC3)c1. The Balaban J connectivity index is 1.52. The lowest BCUT2D eigenvalue weighted by molar-refractivity contribution is 0.0915. The molecule has 0 spiro atoms. The van der Waals surface area contributed by atoms with Crippen molar-refractivity contribution in [2.75, 3.05) is 30.7 Å². The largest absolute Gasteiger partial charge is 0.384 e. The van der Waals surface area contributed by atoms with Crippen LogP contribution in [0.25, 0.3) is 0 Å². The fourth-order valence-electron chi connectivity index (χ4n) is 5.58. The Hall–Kier alpha value is -1.89. The Labute approximate surface area is 186 Å². The summed E-state index contributed by atoms with van der Waals surface area (Å²) < 4.78 is 32.3. The van der Waals surface area contributed by atoms with Crippen molar-refractivity contribution in [1.29, 1.82) is 0 Å². The number of aryl methyl sites for hydroxylation is 1. The highest BCUT2D eigenvalue weighted by molar-refractivity contribution is 7.92. The average molecular weight is 443 g/mol. The van der Waals surface area contributed by atoms with Gasteiger partial charge in [-0.15, -0.1) is 0 Å². The van der Waals surface area contributed by atoms with Crippen molar-refractivity contribution < 1.29 is 13.2 Å². The molecule has 31 heavy (non-hydrogen) atoms. The summed E-state index contributed by atoms with van der Waals surface area (Å²) in [5.41, 5.74) is 3.61. The molecule has 1 aliphatic carbocycles. The molecule has 0 radical (unpaired) electrons. The highest BCUT2D eigenvalue weighted by atomic mass is 32.2. The number of methoxy groups -OCH3 is 1. The first kappa shape index (κ1) is 22.3. The smallest absolute Gasteiger partial charge is 0.234 e. The monoisotopic (exact) mass is 442 g/mol. The van der Waals surface area contributed by atoms with E-state index in [1.165, 1.54) is 37.5 Å². The summed E-state index contributed by atoms with van der Waals surface area (Å²) >= 11 is 0. The van der Waals surface area contributed by atoms with Gasteiger partial charge in [0, 0.05) is 18.3 Å². The summed E-state index contributed by atoms with van der Waals surface area (Å²) in [5, 5.41) is 3.88. The molecule has 5 nitrogen and oxygen atoms in total. The second kappa shape index (κ2) is 9.31. The van der Waals surface area contributed by atoms with Gasteiger partial charge in [-0.25, -0.2) is 8.42 Å². The van der Waals surface area contributed by atoms with E-state index in [-0.39, 0.29) is 23.3 Å². The van der Waals surface area contributed by atoms with Gasteiger partial charge in [0.25, 0.3) is 0 Å². The lowest BCUT2D eigenvalue weighted by Crippen LogP contribution is -2.58. The molecular weight excluding hydrogens is 408 g/mol. The zero-order chi connectivity index (χ0) is 21.8. The molecule has 6 heteroatoms. The molecule has 2 aromatic carbocycles. The van der Waals surface area contributed by atoms with E-state index in [1.807, 2.05) is 12.1 Å². The zero-order valence-corrected chi connectivity index (χ0v) is 19.2. The molecule has 2 fully saturated rings. The molecule has 1 saturated carbocycles. The summed E-state index contributed by atoms with van der Waals surface area (Å²) in [7, 11) is -1.89. The molecule has 0 amide bonds. The van der Waals surface area contributed by atoms with Crippen molar-refractivity contribution in [1.82, 2.24) is 5.32 Å². The standard InChI is InChI=1S/C25H34N2O3S/c1-30-17-18-31(28,29)27-23-10-5-9-22(19-23)24-12-6-13-25(20-24,26-16-15-24)14-11-21-7-3-2-4-8-21/h2-5,7-10,19,26-27H,6,11-18,20H2,1H3. The average Bonchev–Trinajstić information content (AvgIpc) is 2.77. The fraction of sp³-hybridized carbons (Fsp3) is 0.520. The van der Waals surface area contributed by atoms with Gasteiger partial charge in [-0.05, 0) is 73.7 Å². The molecule has 168 valence electrons. The first-order valence-corrected chi connectivity index (χ1v) is 13.0. The Kier molecular flexibility index (Phi) is 6.70. The molecule has 2 atom stereocenters. The van der Waals surface area contributed by atoms with Crippen molar-refractivity contribution in [2.24, 2.45) is 0 Å². The van der Waals surface area contributed by atoms with Crippen LogP contribution >= 0.6 is 0 Å². The first-order valence-electron chi connectivity index (χ1n) is 11.3. The van der Waals surface area contributed by atoms with Gasteiger partial charge in [-0.1, -0.05) is 48.9 Å². The molecule has 2 bridgehead atoms. The second-order valence-corrected chi connectivity index (χ2v) is 11.1. The second-order valence-electron chi connectivity index (χ2n) is 9.25. The minimum Gasteiger partial charge on any atom is -0.384 e. The summed E-state index contributed by atoms with van der Waals surface area (Å²) in [6.07, 6.45) is 8.02. The molecule has 1 heterocycles. The molecular formula is C25H34N2O3S. The Morgan fingerprint density at radius 1 is 1.06 bits per heavy atom. The number of benzene rings is 2. The first-order chi connectivity index (χ1) is 14.9.